The Morgan fingerprint density at radius 2 is 1.21 bits per heavy atom. The monoisotopic (exact) mass is 386 g/mol. The van der Waals surface area contributed by atoms with Gasteiger partial charge in [-0.25, -0.2) is 0 Å². The molecular formula is C22H30N2O4. The van der Waals surface area contributed by atoms with Gasteiger partial charge in [0.1, 0.15) is 0 Å². The first-order valence-electron chi connectivity index (χ1n) is 9.80. The topological polar surface area (TPSA) is 83.0 Å². The quantitative estimate of drug-likeness (QED) is 0.557. The van der Waals surface area contributed by atoms with E-state index in [9.17, 15) is 10.2 Å². The molecule has 0 aromatic heterocycles. The van der Waals surface area contributed by atoms with Crippen LogP contribution in [0.15, 0.2) is 36.4 Å². The van der Waals surface area contributed by atoms with Crippen LogP contribution in [0, 0.1) is 0 Å². The van der Waals surface area contributed by atoms with Crippen LogP contribution < -0.4 is 20.1 Å². The van der Waals surface area contributed by atoms with Crippen LogP contribution in [0.2, 0.25) is 0 Å². The van der Waals surface area contributed by atoms with E-state index in [0.717, 1.165) is 24.0 Å². The van der Waals surface area contributed by atoms with E-state index < -0.39 is 0 Å². The molecule has 2 aromatic carbocycles. The second-order valence-corrected chi connectivity index (χ2v) is 7.20. The highest BCUT2D eigenvalue weighted by Gasteiger charge is 2.25. The van der Waals surface area contributed by atoms with Crippen molar-refractivity contribution in [2.24, 2.45) is 0 Å². The van der Waals surface area contributed by atoms with Crippen molar-refractivity contribution in [1.82, 2.24) is 10.6 Å². The van der Waals surface area contributed by atoms with E-state index in [2.05, 4.69) is 10.6 Å². The Bertz CT molecular complexity index is 716. The molecule has 0 saturated heterocycles. The third kappa shape index (κ3) is 4.69. The van der Waals surface area contributed by atoms with E-state index in [1.54, 1.807) is 26.4 Å². The summed E-state index contributed by atoms with van der Waals surface area (Å²) < 4.78 is 10.4. The molecule has 2 aromatic rings. The number of rotatable bonds is 8. The van der Waals surface area contributed by atoms with E-state index >= 15 is 0 Å². The molecule has 6 heteroatoms. The molecule has 0 bridgehead atoms. The highest BCUT2D eigenvalue weighted by atomic mass is 16.5. The van der Waals surface area contributed by atoms with E-state index in [1.165, 1.54) is 12.8 Å². The lowest BCUT2D eigenvalue weighted by Gasteiger charge is -2.33. The zero-order chi connectivity index (χ0) is 19.9. The predicted molar refractivity (Wildman–Crippen MR) is 109 cm³/mol. The second-order valence-electron chi connectivity index (χ2n) is 7.20. The van der Waals surface area contributed by atoms with Crippen LogP contribution >= 0.6 is 0 Å². The minimum absolute atomic E-state index is 0.194. The number of hydrogen-bond acceptors (Lipinski definition) is 6. The summed E-state index contributed by atoms with van der Waals surface area (Å²) in [6.07, 6.45) is 4.52. The van der Waals surface area contributed by atoms with Crippen LogP contribution in [0.5, 0.6) is 23.0 Å². The van der Waals surface area contributed by atoms with Crippen molar-refractivity contribution < 1.29 is 19.7 Å². The van der Waals surface area contributed by atoms with Crippen molar-refractivity contribution in [1.29, 1.82) is 0 Å². The fourth-order valence-corrected chi connectivity index (χ4v) is 3.85. The lowest BCUT2D eigenvalue weighted by molar-refractivity contribution is 0.278. The van der Waals surface area contributed by atoms with Gasteiger partial charge >= 0.3 is 0 Å². The van der Waals surface area contributed by atoms with Crippen molar-refractivity contribution in [2.45, 2.75) is 50.9 Å². The molecule has 3 rings (SSSR count). The summed E-state index contributed by atoms with van der Waals surface area (Å²) in [6.45, 7) is 1.16. The van der Waals surface area contributed by atoms with Crippen LogP contribution in [0.25, 0.3) is 0 Å². The lowest BCUT2D eigenvalue weighted by Crippen LogP contribution is -2.49. The van der Waals surface area contributed by atoms with Crippen molar-refractivity contribution in [2.75, 3.05) is 14.2 Å². The normalized spacial score (nSPS) is 19.4. The maximum Gasteiger partial charge on any atom is 0.162 e. The summed E-state index contributed by atoms with van der Waals surface area (Å²) in [6, 6.07) is 11.7. The number of phenolic OH excluding ortho intramolecular Hbond substituents is 2. The average Bonchev–Trinajstić information content (AvgIpc) is 2.73. The van der Waals surface area contributed by atoms with Crippen LogP contribution in [0.3, 0.4) is 0 Å². The average molecular weight is 386 g/mol. The maximum absolute atomic E-state index is 10.3. The summed E-state index contributed by atoms with van der Waals surface area (Å²) in [7, 11) is 3.11. The number of para-hydroxylation sites is 2. The fraction of sp³-hybridized carbons (Fsp3) is 0.455. The fourth-order valence-electron chi connectivity index (χ4n) is 3.85. The third-order valence-corrected chi connectivity index (χ3v) is 5.48. The standard InChI is InChI=1S/C22H30N2O4/c1-27-19-11-5-7-15(21(19)25)13-23-17-9-3-4-10-18(17)24-14-16-8-6-12-20(28-2)22(16)26/h5-8,11-12,17-18,23-26H,3-4,9-10,13-14H2,1-2H3/t17-,18?/m0/s1. The van der Waals surface area contributed by atoms with Crippen LogP contribution in [0.1, 0.15) is 36.8 Å². The molecule has 0 heterocycles. The van der Waals surface area contributed by atoms with E-state index in [4.69, 9.17) is 9.47 Å². The molecular weight excluding hydrogens is 356 g/mol. The minimum atomic E-state index is 0.194. The van der Waals surface area contributed by atoms with E-state index in [-0.39, 0.29) is 11.5 Å². The van der Waals surface area contributed by atoms with Gasteiger partial charge in [0.05, 0.1) is 14.2 Å². The van der Waals surface area contributed by atoms with Gasteiger partial charge in [0.15, 0.2) is 23.0 Å². The number of benzene rings is 2. The Hall–Kier alpha value is -2.44. The molecule has 1 saturated carbocycles. The van der Waals surface area contributed by atoms with E-state index in [1.807, 2.05) is 24.3 Å². The van der Waals surface area contributed by atoms with Crippen molar-refractivity contribution >= 4 is 0 Å². The number of phenols is 2. The van der Waals surface area contributed by atoms with Crippen LogP contribution in [-0.4, -0.2) is 36.5 Å². The minimum Gasteiger partial charge on any atom is -0.504 e. The van der Waals surface area contributed by atoms with Gasteiger partial charge in [0.25, 0.3) is 0 Å². The first-order chi connectivity index (χ1) is 13.6. The first-order valence-corrected chi connectivity index (χ1v) is 9.80. The predicted octanol–water partition coefficient (Wildman–Crippen LogP) is 3.31. The highest BCUT2D eigenvalue weighted by molar-refractivity contribution is 5.46. The van der Waals surface area contributed by atoms with Crippen LogP contribution in [-0.2, 0) is 13.1 Å². The van der Waals surface area contributed by atoms with Gasteiger partial charge in [-0.1, -0.05) is 37.1 Å². The molecule has 0 amide bonds. The summed E-state index contributed by atoms with van der Waals surface area (Å²) in [4.78, 5) is 0. The third-order valence-electron chi connectivity index (χ3n) is 5.48. The van der Waals surface area contributed by atoms with Gasteiger partial charge in [0.2, 0.25) is 0 Å². The Balaban J connectivity index is 1.61. The SMILES string of the molecule is COc1cccc(CNC2CCCC[C@@H]2NCc2cccc(OC)c2O)c1O. The largest absolute Gasteiger partial charge is 0.504 e. The van der Waals surface area contributed by atoms with Gasteiger partial charge in [-0.2, -0.15) is 0 Å². The Kier molecular flexibility index (Phi) is 7.01. The Morgan fingerprint density at radius 3 is 1.61 bits per heavy atom. The highest BCUT2D eigenvalue weighted by Crippen LogP contribution is 2.31. The molecule has 1 aliphatic rings. The second kappa shape index (κ2) is 9.66. The number of methoxy groups -OCH3 is 2. The van der Waals surface area contributed by atoms with Crippen molar-refractivity contribution in [3.05, 3.63) is 47.5 Å². The van der Waals surface area contributed by atoms with Crippen LogP contribution in [0.4, 0.5) is 0 Å². The molecule has 1 unspecified atom stereocenters. The number of nitrogens with one attached hydrogen (secondary N) is 2. The summed E-state index contributed by atoms with van der Waals surface area (Å²) in [5, 5.41) is 27.8. The van der Waals surface area contributed by atoms with E-state index in [0.29, 0.717) is 36.7 Å². The van der Waals surface area contributed by atoms with Gasteiger partial charge < -0.3 is 30.3 Å². The van der Waals surface area contributed by atoms with Gasteiger partial charge in [-0.3, -0.25) is 0 Å². The molecule has 0 aliphatic heterocycles. The molecule has 6 nitrogen and oxygen atoms in total. The number of hydrogen-bond donors (Lipinski definition) is 4. The zero-order valence-corrected chi connectivity index (χ0v) is 16.6. The summed E-state index contributed by atoms with van der Waals surface area (Å²) in [5.74, 6) is 1.37. The molecule has 152 valence electrons. The molecule has 0 spiro atoms. The summed E-state index contributed by atoms with van der Waals surface area (Å²) in [5.41, 5.74) is 1.66. The van der Waals surface area contributed by atoms with Gasteiger partial charge in [-0.05, 0) is 25.0 Å². The van der Waals surface area contributed by atoms with Crippen molar-refractivity contribution in [3.8, 4) is 23.0 Å². The number of aromatic hydroxyl groups is 2. The first kappa shape index (κ1) is 20.3. The maximum atomic E-state index is 10.3. The lowest BCUT2D eigenvalue weighted by atomic mass is 9.90. The molecule has 1 fully saturated rings. The molecule has 0 radical (unpaired) electrons. The molecule has 4 N–H and O–H groups in total. The van der Waals surface area contributed by atoms with Gasteiger partial charge in [-0.15, -0.1) is 0 Å². The zero-order valence-electron chi connectivity index (χ0n) is 16.6. The van der Waals surface area contributed by atoms with Gasteiger partial charge in [0, 0.05) is 36.3 Å². The molecule has 2 atom stereocenters. The molecule has 1 aliphatic carbocycles. The van der Waals surface area contributed by atoms with Crippen molar-refractivity contribution in [3.63, 3.8) is 0 Å². The Labute approximate surface area is 166 Å². The number of ether oxygens (including phenoxy) is 2. The Morgan fingerprint density at radius 1 is 0.786 bits per heavy atom. The smallest absolute Gasteiger partial charge is 0.162 e. The molecule has 28 heavy (non-hydrogen) atoms. The summed E-state index contributed by atoms with van der Waals surface area (Å²) >= 11 is 0.